The minimum atomic E-state index is -0.176. The Morgan fingerprint density at radius 3 is 2.69 bits per heavy atom. The molecule has 0 amide bonds. The zero-order valence-corrected chi connectivity index (χ0v) is 11.2. The number of hydrogen-bond acceptors (Lipinski definition) is 6. The molecule has 0 radical (unpaired) electrons. The number of aliphatic hydroxyl groups is 1. The maximum atomic E-state index is 9.87. The van der Waals surface area contributed by atoms with Crippen molar-refractivity contribution in [3.63, 3.8) is 0 Å². The second-order valence-electron chi connectivity index (χ2n) is 4.25. The summed E-state index contributed by atoms with van der Waals surface area (Å²) in [6, 6.07) is 0. The second kappa shape index (κ2) is 5.33. The van der Waals surface area contributed by atoms with E-state index in [9.17, 15) is 5.11 Å². The summed E-state index contributed by atoms with van der Waals surface area (Å²) in [6.07, 6.45) is 4.20. The average Bonchev–Trinajstić information content (AvgIpc) is 2.70. The first kappa shape index (κ1) is 12.1. The van der Waals surface area contributed by atoms with Gasteiger partial charge in [-0.3, -0.25) is 0 Å². The topological polar surface area (TPSA) is 49.2 Å². The third kappa shape index (κ3) is 2.87. The zero-order chi connectivity index (χ0) is 11.5. The van der Waals surface area contributed by atoms with Gasteiger partial charge in [0.25, 0.3) is 0 Å². The van der Waals surface area contributed by atoms with Crippen molar-refractivity contribution in [2.24, 2.45) is 0 Å². The van der Waals surface area contributed by atoms with Crippen LogP contribution < -0.4 is 4.90 Å². The van der Waals surface area contributed by atoms with Gasteiger partial charge in [-0.2, -0.15) is 0 Å². The monoisotopic (exact) mass is 259 g/mol. The van der Waals surface area contributed by atoms with Crippen LogP contribution in [0.5, 0.6) is 0 Å². The minimum absolute atomic E-state index is 0.176. The summed E-state index contributed by atoms with van der Waals surface area (Å²) >= 11 is 3.27. The number of nitrogens with zero attached hydrogens (tertiary/aromatic N) is 3. The molecule has 0 unspecified atom stereocenters. The van der Waals surface area contributed by atoms with E-state index in [1.807, 2.05) is 19.0 Å². The highest BCUT2D eigenvalue weighted by atomic mass is 32.2. The molecule has 1 saturated carbocycles. The van der Waals surface area contributed by atoms with Crippen LogP contribution in [0.25, 0.3) is 0 Å². The van der Waals surface area contributed by atoms with Gasteiger partial charge in [-0.05, 0) is 12.8 Å². The van der Waals surface area contributed by atoms with Crippen molar-refractivity contribution in [2.75, 3.05) is 19.0 Å². The molecule has 0 aliphatic heterocycles. The molecule has 0 saturated heterocycles. The van der Waals surface area contributed by atoms with Crippen molar-refractivity contribution in [3.05, 3.63) is 0 Å². The Labute approximate surface area is 104 Å². The quantitative estimate of drug-likeness (QED) is 0.899. The summed E-state index contributed by atoms with van der Waals surface area (Å²) in [5.74, 6) is 0. The van der Waals surface area contributed by atoms with Crippen LogP contribution in [0.4, 0.5) is 5.13 Å². The normalized spacial score (nSPS) is 25.7. The molecule has 2 rings (SSSR count). The lowest BCUT2D eigenvalue weighted by molar-refractivity contribution is 0.137. The van der Waals surface area contributed by atoms with E-state index >= 15 is 0 Å². The van der Waals surface area contributed by atoms with Crippen molar-refractivity contribution in [2.45, 2.75) is 41.4 Å². The van der Waals surface area contributed by atoms with Gasteiger partial charge in [-0.1, -0.05) is 35.9 Å². The fourth-order valence-corrected chi connectivity index (χ4v) is 3.99. The Balaban J connectivity index is 1.97. The number of anilines is 1. The summed E-state index contributed by atoms with van der Waals surface area (Å²) in [4.78, 5) is 1.96. The van der Waals surface area contributed by atoms with Gasteiger partial charge < -0.3 is 10.0 Å². The average molecular weight is 259 g/mol. The molecule has 1 aromatic rings. The molecule has 0 aromatic carbocycles. The molecular formula is C10H17N3OS2. The molecule has 1 heterocycles. The largest absolute Gasteiger partial charge is 0.392 e. The maximum absolute atomic E-state index is 9.87. The number of aromatic nitrogens is 2. The lowest BCUT2D eigenvalue weighted by atomic mass is 9.97. The van der Waals surface area contributed by atoms with Crippen LogP contribution in [-0.2, 0) is 0 Å². The van der Waals surface area contributed by atoms with Crippen molar-refractivity contribution in [3.8, 4) is 0 Å². The van der Waals surface area contributed by atoms with Crippen molar-refractivity contribution in [1.29, 1.82) is 0 Å². The first-order valence-electron chi connectivity index (χ1n) is 5.52. The Kier molecular flexibility index (Phi) is 4.05. The van der Waals surface area contributed by atoms with E-state index in [1.165, 1.54) is 6.42 Å². The molecule has 1 aromatic heterocycles. The number of aliphatic hydroxyl groups excluding tert-OH is 1. The first-order valence-corrected chi connectivity index (χ1v) is 7.22. The Morgan fingerprint density at radius 2 is 2.06 bits per heavy atom. The highest BCUT2D eigenvalue weighted by Crippen LogP contribution is 2.36. The molecular weight excluding hydrogens is 242 g/mol. The summed E-state index contributed by atoms with van der Waals surface area (Å²) in [5, 5.41) is 19.3. The Hall–Kier alpha value is -0.330. The van der Waals surface area contributed by atoms with Crippen LogP contribution in [0.3, 0.4) is 0 Å². The van der Waals surface area contributed by atoms with Gasteiger partial charge in [-0.25, -0.2) is 0 Å². The van der Waals surface area contributed by atoms with Gasteiger partial charge in [-0.15, -0.1) is 10.2 Å². The van der Waals surface area contributed by atoms with E-state index in [1.54, 1.807) is 23.1 Å². The molecule has 1 fully saturated rings. The molecule has 90 valence electrons. The molecule has 0 spiro atoms. The van der Waals surface area contributed by atoms with Crippen LogP contribution in [0, 0.1) is 0 Å². The summed E-state index contributed by atoms with van der Waals surface area (Å²) in [6.45, 7) is 0. The van der Waals surface area contributed by atoms with E-state index in [4.69, 9.17) is 0 Å². The van der Waals surface area contributed by atoms with Crippen LogP contribution in [0.15, 0.2) is 4.34 Å². The van der Waals surface area contributed by atoms with Gasteiger partial charge in [0.15, 0.2) is 4.34 Å². The van der Waals surface area contributed by atoms with Crippen LogP contribution in [-0.4, -0.2) is 40.8 Å². The molecule has 4 nitrogen and oxygen atoms in total. The molecule has 1 aliphatic carbocycles. The molecule has 1 aliphatic rings. The third-order valence-electron chi connectivity index (χ3n) is 2.70. The van der Waals surface area contributed by atoms with Crippen molar-refractivity contribution in [1.82, 2.24) is 10.2 Å². The standard InChI is InChI=1S/C10H17N3OS2/c1-13(2)9-11-12-10(16-9)15-8-6-4-3-5-7(8)14/h7-8,14H,3-6H2,1-2H3/t7-,8-/m0/s1. The summed E-state index contributed by atoms with van der Waals surface area (Å²) < 4.78 is 0.967. The first-order chi connectivity index (χ1) is 7.66. The van der Waals surface area contributed by atoms with Crippen LogP contribution in [0.2, 0.25) is 0 Å². The number of hydrogen-bond donors (Lipinski definition) is 1. The predicted octanol–water partition coefficient (Wildman–Crippen LogP) is 2.00. The van der Waals surface area contributed by atoms with E-state index in [-0.39, 0.29) is 6.10 Å². The Bertz CT molecular complexity index is 343. The van der Waals surface area contributed by atoms with Gasteiger partial charge in [0.05, 0.1) is 6.10 Å². The van der Waals surface area contributed by atoms with Crippen molar-refractivity contribution >= 4 is 28.2 Å². The summed E-state index contributed by atoms with van der Waals surface area (Å²) in [7, 11) is 3.93. The highest BCUT2D eigenvalue weighted by Gasteiger charge is 2.25. The zero-order valence-electron chi connectivity index (χ0n) is 9.59. The molecule has 2 atom stereocenters. The third-order valence-corrected chi connectivity index (χ3v) is 5.26. The molecule has 6 heteroatoms. The van der Waals surface area contributed by atoms with Crippen LogP contribution in [0.1, 0.15) is 25.7 Å². The molecule has 0 bridgehead atoms. The Morgan fingerprint density at radius 1 is 1.31 bits per heavy atom. The molecule has 1 N–H and O–H groups in total. The lowest BCUT2D eigenvalue weighted by Gasteiger charge is -2.25. The predicted molar refractivity (Wildman–Crippen MR) is 68.4 cm³/mol. The van der Waals surface area contributed by atoms with E-state index in [0.717, 1.165) is 28.7 Å². The second-order valence-corrected chi connectivity index (χ2v) is 6.70. The fourth-order valence-electron chi connectivity index (χ4n) is 1.78. The van der Waals surface area contributed by atoms with E-state index in [0.29, 0.717) is 5.25 Å². The van der Waals surface area contributed by atoms with Gasteiger partial charge in [0.1, 0.15) is 0 Å². The fraction of sp³-hybridized carbons (Fsp3) is 0.800. The minimum Gasteiger partial charge on any atom is -0.392 e. The van der Waals surface area contributed by atoms with E-state index in [2.05, 4.69) is 10.2 Å². The summed E-state index contributed by atoms with van der Waals surface area (Å²) in [5.41, 5.74) is 0. The SMILES string of the molecule is CN(C)c1nnc(S[C@H]2CCCC[C@@H]2O)s1. The number of rotatable bonds is 3. The van der Waals surface area contributed by atoms with Gasteiger partial charge in [0.2, 0.25) is 5.13 Å². The smallest absolute Gasteiger partial charge is 0.208 e. The maximum Gasteiger partial charge on any atom is 0.208 e. The van der Waals surface area contributed by atoms with Gasteiger partial charge >= 0.3 is 0 Å². The lowest BCUT2D eigenvalue weighted by Crippen LogP contribution is -2.26. The molecule has 16 heavy (non-hydrogen) atoms. The van der Waals surface area contributed by atoms with Crippen molar-refractivity contribution < 1.29 is 5.11 Å². The van der Waals surface area contributed by atoms with Crippen LogP contribution >= 0.6 is 23.1 Å². The number of thioether (sulfide) groups is 1. The van der Waals surface area contributed by atoms with E-state index < -0.39 is 0 Å². The highest BCUT2D eigenvalue weighted by molar-refractivity contribution is 8.01. The van der Waals surface area contributed by atoms with Gasteiger partial charge in [0, 0.05) is 19.3 Å².